The van der Waals surface area contributed by atoms with Crippen molar-refractivity contribution >= 4 is 40.7 Å². The van der Waals surface area contributed by atoms with Gasteiger partial charge >= 0.3 is 0 Å². The minimum absolute atomic E-state index is 0.0737. The third-order valence-electron chi connectivity index (χ3n) is 3.26. The molecule has 2 amide bonds. The first kappa shape index (κ1) is 19.1. The Labute approximate surface area is 153 Å². The first-order valence-corrected chi connectivity index (χ1v) is 8.06. The molecule has 0 bridgehead atoms. The highest BCUT2D eigenvalue weighted by atomic mass is 35.5. The molecule has 2 aromatic rings. The largest absolute Gasteiger partial charge is 0.355 e. The molecule has 0 spiro atoms. The van der Waals surface area contributed by atoms with E-state index in [1.807, 2.05) is 0 Å². The second-order valence-electron chi connectivity index (χ2n) is 5.19. The second kappa shape index (κ2) is 8.78. The fraction of sp³-hybridized carbons (Fsp3) is 0.176. The maximum absolute atomic E-state index is 13.1. The minimum Gasteiger partial charge on any atom is -0.355 e. The topological polar surface area (TPSA) is 58.2 Å². The van der Waals surface area contributed by atoms with Crippen LogP contribution in [0.1, 0.15) is 12.0 Å². The summed E-state index contributed by atoms with van der Waals surface area (Å²) in [7, 11) is 0. The molecule has 0 aliphatic rings. The summed E-state index contributed by atoms with van der Waals surface area (Å²) in [6, 6.07) is 7.99. The second-order valence-corrected chi connectivity index (χ2v) is 6.03. The monoisotopic (exact) mass is 386 g/mol. The van der Waals surface area contributed by atoms with Crippen molar-refractivity contribution in [3.8, 4) is 0 Å². The van der Waals surface area contributed by atoms with Crippen LogP contribution in [0, 0.1) is 11.6 Å². The molecule has 0 saturated carbocycles. The molecule has 0 saturated heterocycles. The highest BCUT2D eigenvalue weighted by molar-refractivity contribution is 6.35. The number of hydrogen-bond acceptors (Lipinski definition) is 2. The molecule has 0 unspecified atom stereocenters. The van der Waals surface area contributed by atoms with Crippen LogP contribution in [0.15, 0.2) is 36.4 Å². The van der Waals surface area contributed by atoms with Gasteiger partial charge in [0.25, 0.3) is 0 Å². The Balaban J connectivity index is 1.77. The summed E-state index contributed by atoms with van der Waals surface area (Å²) in [5.74, 6) is -3.23. The van der Waals surface area contributed by atoms with Crippen molar-refractivity contribution < 1.29 is 18.4 Å². The molecule has 2 N–H and O–H groups in total. The lowest BCUT2D eigenvalue weighted by Gasteiger charge is -2.08. The van der Waals surface area contributed by atoms with Gasteiger partial charge in [0, 0.05) is 28.3 Å². The van der Waals surface area contributed by atoms with Crippen molar-refractivity contribution in [2.45, 2.75) is 12.8 Å². The predicted molar refractivity (Wildman–Crippen MR) is 92.8 cm³/mol. The molecule has 25 heavy (non-hydrogen) atoms. The molecule has 0 atom stereocenters. The smallest absolute Gasteiger partial charge is 0.233 e. The Kier molecular flexibility index (Phi) is 6.73. The molecule has 0 aliphatic carbocycles. The van der Waals surface area contributed by atoms with Crippen molar-refractivity contribution in [2.24, 2.45) is 0 Å². The molecular weight excluding hydrogens is 373 g/mol. The molecule has 0 radical (unpaired) electrons. The van der Waals surface area contributed by atoms with Gasteiger partial charge in [-0.05, 0) is 36.2 Å². The summed E-state index contributed by atoms with van der Waals surface area (Å²) in [6.07, 6.45) is 0.0415. The van der Waals surface area contributed by atoms with Crippen LogP contribution in [0.3, 0.4) is 0 Å². The van der Waals surface area contributed by atoms with Gasteiger partial charge in [-0.15, -0.1) is 0 Å². The summed E-state index contributed by atoms with van der Waals surface area (Å²) in [6.45, 7) is 0.290. The first-order valence-electron chi connectivity index (χ1n) is 7.30. The van der Waals surface area contributed by atoms with Crippen LogP contribution < -0.4 is 10.6 Å². The predicted octanol–water partition coefficient (Wildman–Crippen LogP) is 3.96. The molecular formula is C17H14Cl2F2N2O2. The number of carbonyl (C=O) groups is 2. The summed E-state index contributed by atoms with van der Waals surface area (Å²) >= 11 is 11.8. The average molecular weight is 387 g/mol. The van der Waals surface area contributed by atoms with E-state index in [0.29, 0.717) is 23.0 Å². The van der Waals surface area contributed by atoms with Crippen molar-refractivity contribution in [1.82, 2.24) is 5.32 Å². The number of halogens is 4. The Morgan fingerprint density at radius 3 is 2.40 bits per heavy atom. The number of hydrogen-bond donors (Lipinski definition) is 2. The summed E-state index contributed by atoms with van der Waals surface area (Å²) < 4.78 is 25.9. The van der Waals surface area contributed by atoms with Crippen molar-refractivity contribution in [3.63, 3.8) is 0 Å². The van der Waals surface area contributed by atoms with Gasteiger partial charge in [0.15, 0.2) is 11.6 Å². The van der Waals surface area contributed by atoms with Gasteiger partial charge in [-0.25, -0.2) is 8.78 Å². The molecule has 0 heterocycles. The van der Waals surface area contributed by atoms with Crippen molar-refractivity contribution in [1.29, 1.82) is 0 Å². The van der Waals surface area contributed by atoms with E-state index in [-0.39, 0.29) is 5.69 Å². The van der Waals surface area contributed by atoms with E-state index in [0.717, 1.165) is 17.7 Å². The maximum Gasteiger partial charge on any atom is 0.233 e. The molecule has 0 aliphatic heterocycles. The Hall–Kier alpha value is -2.18. The SMILES string of the molecule is O=C(CC(=O)Nc1ccc(F)c(F)c1)NCCc1ccc(Cl)cc1Cl. The third-order valence-corrected chi connectivity index (χ3v) is 3.84. The molecule has 4 nitrogen and oxygen atoms in total. The van der Waals surface area contributed by atoms with Crippen LogP contribution in [0.5, 0.6) is 0 Å². The molecule has 132 valence electrons. The van der Waals surface area contributed by atoms with Gasteiger partial charge in [-0.3, -0.25) is 9.59 Å². The third kappa shape index (κ3) is 5.99. The van der Waals surface area contributed by atoms with Crippen LogP contribution in [-0.2, 0) is 16.0 Å². The van der Waals surface area contributed by atoms with Crippen molar-refractivity contribution in [3.05, 3.63) is 63.6 Å². The zero-order valence-electron chi connectivity index (χ0n) is 12.9. The van der Waals surface area contributed by atoms with E-state index >= 15 is 0 Å². The number of amides is 2. The molecule has 0 aromatic heterocycles. The zero-order chi connectivity index (χ0) is 18.4. The van der Waals surface area contributed by atoms with Crippen molar-refractivity contribution in [2.75, 3.05) is 11.9 Å². The van der Waals surface area contributed by atoms with Gasteiger partial charge in [-0.2, -0.15) is 0 Å². The fourth-order valence-electron chi connectivity index (χ4n) is 2.05. The molecule has 0 fully saturated rings. The van der Waals surface area contributed by atoms with Gasteiger partial charge in [0.05, 0.1) is 0 Å². The van der Waals surface area contributed by atoms with E-state index < -0.39 is 29.9 Å². The quantitative estimate of drug-likeness (QED) is 0.738. The van der Waals surface area contributed by atoms with E-state index in [1.54, 1.807) is 18.2 Å². The van der Waals surface area contributed by atoms with Crippen LogP contribution in [0.25, 0.3) is 0 Å². The van der Waals surface area contributed by atoms with Crippen LogP contribution in [0.4, 0.5) is 14.5 Å². The van der Waals surface area contributed by atoms with E-state index in [4.69, 9.17) is 23.2 Å². The van der Waals surface area contributed by atoms with Crippen LogP contribution >= 0.6 is 23.2 Å². The number of benzene rings is 2. The van der Waals surface area contributed by atoms with Gasteiger partial charge < -0.3 is 10.6 Å². The summed E-state index contributed by atoms with van der Waals surface area (Å²) in [4.78, 5) is 23.5. The zero-order valence-corrected chi connectivity index (χ0v) is 14.4. The average Bonchev–Trinajstić information content (AvgIpc) is 2.53. The van der Waals surface area contributed by atoms with Gasteiger partial charge in [0.2, 0.25) is 11.8 Å². The highest BCUT2D eigenvalue weighted by Crippen LogP contribution is 2.21. The molecule has 2 aromatic carbocycles. The highest BCUT2D eigenvalue weighted by Gasteiger charge is 2.11. The summed E-state index contributed by atoms with van der Waals surface area (Å²) in [5.41, 5.74) is 0.891. The molecule has 2 rings (SSSR count). The van der Waals surface area contributed by atoms with Crippen LogP contribution in [-0.4, -0.2) is 18.4 Å². The van der Waals surface area contributed by atoms with E-state index in [2.05, 4.69) is 10.6 Å². The lowest BCUT2D eigenvalue weighted by atomic mass is 10.1. The first-order chi connectivity index (χ1) is 11.8. The summed E-state index contributed by atoms with van der Waals surface area (Å²) in [5, 5.41) is 5.92. The minimum atomic E-state index is -1.08. The number of carbonyl (C=O) groups excluding carboxylic acids is 2. The number of anilines is 1. The van der Waals surface area contributed by atoms with E-state index in [9.17, 15) is 18.4 Å². The Bertz CT molecular complexity index is 800. The number of rotatable bonds is 6. The van der Waals surface area contributed by atoms with E-state index in [1.165, 1.54) is 6.07 Å². The fourth-order valence-corrected chi connectivity index (χ4v) is 2.55. The number of nitrogens with one attached hydrogen (secondary N) is 2. The van der Waals surface area contributed by atoms with Gasteiger partial charge in [-0.1, -0.05) is 29.3 Å². The maximum atomic E-state index is 13.1. The molecule has 8 heteroatoms. The lowest BCUT2D eigenvalue weighted by molar-refractivity contribution is -0.126. The van der Waals surface area contributed by atoms with Crippen LogP contribution in [0.2, 0.25) is 10.0 Å². The Morgan fingerprint density at radius 1 is 0.960 bits per heavy atom. The lowest BCUT2D eigenvalue weighted by Crippen LogP contribution is -2.29. The normalized spacial score (nSPS) is 10.4. The van der Waals surface area contributed by atoms with Gasteiger partial charge in [0.1, 0.15) is 6.42 Å². The standard InChI is InChI=1S/C17H14Cl2F2N2O2/c18-11-2-1-10(13(19)7-11)5-6-22-16(24)9-17(25)23-12-3-4-14(20)15(21)8-12/h1-4,7-8H,5-6,9H2,(H,22,24)(H,23,25). The Morgan fingerprint density at radius 2 is 1.72 bits per heavy atom.